The fourth-order valence-corrected chi connectivity index (χ4v) is 8.94. The van der Waals surface area contributed by atoms with E-state index in [0.29, 0.717) is 35.5 Å². The molecule has 2 heterocycles. The third-order valence-electron chi connectivity index (χ3n) is 9.84. The van der Waals surface area contributed by atoms with E-state index in [4.69, 9.17) is 9.47 Å². The first-order valence-electron chi connectivity index (χ1n) is 18.4. The van der Waals surface area contributed by atoms with Gasteiger partial charge in [0.1, 0.15) is 6.54 Å². The van der Waals surface area contributed by atoms with E-state index in [9.17, 15) is 58.4 Å². The number of aromatic carboxylic acids is 1. The largest absolute Gasteiger partial charge is 0.478 e. The van der Waals surface area contributed by atoms with Gasteiger partial charge in [0.2, 0.25) is 5.69 Å². The van der Waals surface area contributed by atoms with Crippen molar-refractivity contribution >= 4 is 65.3 Å². The molecule has 2 aromatic rings. The highest BCUT2D eigenvalue weighted by atomic mass is 32.2. The number of allylic oxidation sites excluding steroid dienone is 4. The highest BCUT2D eigenvalue weighted by Gasteiger charge is 2.48. The SMILES string of the molecule is CCCOC(=O)c1cc(C(=O)OCCC)c2c(c1)[N+](CCCS(=O)(=O)O)=C(/C=C/C=C1/N(CCCS(=O)(=O)O)c3cc(S(=O)(=O)O)cc(C(=O)O)c3C1(C)C)C2(C)C. The van der Waals surface area contributed by atoms with Gasteiger partial charge in [-0.25, -0.2) is 14.4 Å². The van der Waals surface area contributed by atoms with Crippen LogP contribution in [0.25, 0.3) is 0 Å². The van der Waals surface area contributed by atoms with Crippen molar-refractivity contribution in [3.05, 3.63) is 76.0 Å². The Labute approximate surface area is 338 Å². The van der Waals surface area contributed by atoms with Crippen molar-refractivity contribution in [3.8, 4) is 0 Å². The number of hydrogen-bond acceptors (Lipinski definition) is 12. The maximum atomic E-state index is 13.6. The highest BCUT2D eigenvalue weighted by Crippen LogP contribution is 2.51. The number of fused-ring (bicyclic) bond motifs is 2. The summed E-state index contributed by atoms with van der Waals surface area (Å²) in [7, 11) is -13.7. The molecule has 0 aromatic heterocycles. The summed E-state index contributed by atoms with van der Waals surface area (Å²) in [5, 5.41) is 10.2. The molecular formula is C38H49N2O15S3+. The van der Waals surface area contributed by atoms with Crippen molar-refractivity contribution < 1.29 is 72.5 Å². The number of anilines is 1. The lowest BCUT2D eigenvalue weighted by Gasteiger charge is -2.27. The number of nitrogens with zero attached hydrogens (tertiary/aromatic N) is 2. The monoisotopic (exact) mass is 869 g/mol. The molecule has 0 aliphatic carbocycles. The Hall–Kier alpha value is -4.47. The molecule has 0 atom stereocenters. The van der Waals surface area contributed by atoms with Crippen LogP contribution in [0.4, 0.5) is 11.4 Å². The zero-order valence-electron chi connectivity index (χ0n) is 33.0. The van der Waals surface area contributed by atoms with Crippen LogP contribution in [-0.2, 0) is 50.7 Å². The van der Waals surface area contributed by atoms with Gasteiger partial charge in [0.25, 0.3) is 30.4 Å². The Kier molecular flexibility index (Phi) is 13.9. The van der Waals surface area contributed by atoms with E-state index in [1.165, 1.54) is 17.0 Å². The molecule has 20 heteroatoms. The molecule has 2 aromatic carbocycles. The number of carboxylic acid groups (broad SMARTS) is 1. The quantitative estimate of drug-likeness (QED) is 0.0879. The van der Waals surface area contributed by atoms with E-state index >= 15 is 0 Å². The molecule has 0 fully saturated rings. The summed E-state index contributed by atoms with van der Waals surface area (Å²) in [6.07, 6.45) is 5.65. The first-order chi connectivity index (χ1) is 26.8. The first-order valence-corrected chi connectivity index (χ1v) is 23.1. The Balaban J connectivity index is 1.98. The van der Waals surface area contributed by atoms with Gasteiger partial charge in [-0.15, -0.1) is 0 Å². The zero-order chi connectivity index (χ0) is 43.6. The smallest absolute Gasteiger partial charge is 0.338 e. The molecule has 0 radical (unpaired) electrons. The van der Waals surface area contributed by atoms with Crippen molar-refractivity contribution in [1.29, 1.82) is 0 Å². The van der Waals surface area contributed by atoms with Crippen LogP contribution < -0.4 is 4.90 Å². The van der Waals surface area contributed by atoms with Crippen LogP contribution in [0.15, 0.2) is 53.1 Å². The minimum absolute atomic E-state index is 0.0115. The number of benzene rings is 2. The second-order valence-corrected chi connectivity index (χ2v) is 19.5. The number of carbonyl (C=O) groups is 3. The van der Waals surface area contributed by atoms with Crippen LogP contribution in [0, 0.1) is 0 Å². The lowest BCUT2D eigenvalue weighted by molar-refractivity contribution is -0.437. The maximum Gasteiger partial charge on any atom is 0.338 e. The van der Waals surface area contributed by atoms with Crippen LogP contribution in [0.1, 0.15) is 109 Å². The first kappa shape index (κ1) is 46.2. The number of carbonyl (C=O) groups excluding carboxylic acids is 2. The van der Waals surface area contributed by atoms with Crippen LogP contribution in [0.2, 0.25) is 0 Å². The van der Waals surface area contributed by atoms with E-state index in [0.717, 1.165) is 12.1 Å². The zero-order valence-corrected chi connectivity index (χ0v) is 35.5. The molecule has 0 amide bonds. The Morgan fingerprint density at radius 1 is 0.776 bits per heavy atom. The predicted molar refractivity (Wildman–Crippen MR) is 213 cm³/mol. The number of ether oxygens (including phenoxy) is 2. The van der Waals surface area contributed by atoms with Gasteiger partial charge in [-0.1, -0.05) is 33.8 Å². The third-order valence-corrected chi connectivity index (χ3v) is 12.3. The molecule has 4 rings (SSSR count). The van der Waals surface area contributed by atoms with Gasteiger partial charge in [0, 0.05) is 47.5 Å². The topological polar surface area (TPSA) is 259 Å². The van der Waals surface area contributed by atoms with Gasteiger partial charge in [-0.05, 0) is 57.4 Å². The average molecular weight is 870 g/mol. The number of hydrogen-bond donors (Lipinski definition) is 4. The van der Waals surface area contributed by atoms with E-state index in [-0.39, 0.29) is 61.5 Å². The van der Waals surface area contributed by atoms with Crippen LogP contribution in [-0.4, -0.2) is 110 Å². The maximum absolute atomic E-state index is 13.6. The molecule has 0 saturated heterocycles. The predicted octanol–water partition coefficient (Wildman–Crippen LogP) is 4.94. The molecule has 0 unspecified atom stereocenters. The fraction of sp³-hybridized carbons (Fsp3) is 0.474. The van der Waals surface area contributed by atoms with Gasteiger partial charge >= 0.3 is 17.9 Å². The molecule has 2 aliphatic heterocycles. The number of esters is 2. The summed E-state index contributed by atoms with van der Waals surface area (Å²) in [5.41, 5.74) is -0.550. The van der Waals surface area contributed by atoms with Crippen molar-refractivity contribution in [2.75, 3.05) is 42.7 Å². The Morgan fingerprint density at radius 3 is 1.91 bits per heavy atom. The molecular weight excluding hydrogens is 821 g/mol. The normalized spacial score (nSPS) is 16.8. The molecule has 0 saturated carbocycles. The van der Waals surface area contributed by atoms with E-state index < -0.39 is 81.1 Å². The molecule has 17 nitrogen and oxygen atoms in total. The van der Waals surface area contributed by atoms with Crippen molar-refractivity contribution in [2.24, 2.45) is 0 Å². The molecule has 0 bridgehead atoms. The van der Waals surface area contributed by atoms with E-state index in [1.54, 1.807) is 50.5 Å². The van der Waals surface area contributed by atoms with Crippen molar-refractivity contribution in [3.63, 3.8) is 0 Å². The summed E-state index contributed by atoms with van der Waals surface area (Å²) in [6, 6.07) is 4.85. The standard InChI is InChI=1S/C38H48N2O15S3/c1-7-16-54-35(43)24-20-27(36(44)55-17-8-2)33-28(21-24)39(14-10-18-56(45,46)47)31(38(33,5)6)13-9-12-30-37(3,4)32-26(34(41)42)22-25(58(51,52)53)23-29(32)40(30)15-11-19-57(48,49)50/h9,12-13,20-23H,7-8,10-11,14-19H2,1-6H3,(H3-,41,42,45,46,47,48,49,50,51,52,53)/p+1. The second kappa shape index (κ2) is 17.4. The minimum atomic E-state index is -4.90. The highest BCUT2D eigenvalue weighted by molar-refractivity contribution is 7.86. The summed E-state index contributed by atoms with van der Waals surface area (Å²) >= 11 is 0. The lowest BCUT2D eigenvalue weighted by atomic mass is 9.78. The molecule has 2 aliphatic rings. The van der Waals surface area contributed by atoms with E-state index in [2.05, 4.69) is 0 Å². The van der Waals surface area contributed by atoms with Crippen molar-refractivity contribution in [1.82, 2.24) is 0 Å². The van der Waals surface area contributed by atoms with Crippen LogP contribution in [0.5, 0.6) is 0 Å². The lowest BCUT2D eigenvalue weighted by Crippen LogP contribution is -2.30. The van der Waals surface area contributed by atoms with Crippen molar-refractivity contribution in [2.45, 2.75) is 83.0 Å². The van der Waals surface area contributed by atoms with Gasteiger partial charge in [-0.2, -0.15) is 29.8 Å². The number of carboxylic acids is 1. The minimum Gasteiger partial charge on any atom is -0.478 e. The van der Waals surface area contributed by atoms with Crippen LogP contribution >= 0.6 is 0 Å². The third kappa shape index (κ3) is 10.2. The Bertz CT molecular complexity index is 2430. The number of rotatable bonds is 18. The van der Waals surface area contributed by atoms with Gasteiger partial charge < -0.3 is 19.5 Å². The average Bonchev–Trinajstić information content (AvgIpc) is 3.45. The second-order valence-electron chi connectivity index (χ2n) is 15.0. The summed E-state index contributed by atoms with van der Waals surface area (Å²) in [4.78, 5) is 40.1. The molecule has 0 spiro atoms. The van der Waals surface area contributed by atoms with Gasteiger partial charge in [0.15, 0.2) is 5.71 Å². The van der Waals surface area contributed by atoms with E-state index in [1.807, 2.05) is 13.8 Å². The summed E-state index contributed by atoms with van der Waals surface area (Å²) in [5.74, 6) is -4.17. The van der Waals surface area contributed by atoms with Crippen LogP contribution in [0.3, 0.4) is 0 Å². The molecule has 58 heavy (non-hydrogen) atoms. The van der Waals surface area contributed by atoms with Gasteiger partial charge in [-0.3, -0.25) is 13.7 Å². The van der Waals surface area contributed by atoms with Gasteiger partial charge in [0.05, 0.1) is 57.3 Å². The fourth-order valence-electron chi connectivity index (χ4n) is 7.42. The molecule has 318 valence electrons. The Morgan fingerprint density at radius 2 is 1.36 bits per heavy atom. The summed E-state index contributed by atoms with van der Waals surface area (Å²) in [6.45, 7) is 10.6. The molecule has 4 N–H and O–H groups in total. The summed E-state index contributed by atoms with van der Waals surface area (Å²) < 4.78 is 113.